The summed E-state index contributed by atoms with van der Waals surface area (Å²) in [6, 6.07) is 0.349. The zero-order valence-corrected chi connectivity index (χ0v) is 23.7. The van der Waals surface area contributed by atoms with Crippen LogP contribution in [0.4, 0.5) is 10.6 Å². The Hall–Kier alpha value is -1.19. The van der Waals surface area contributed by atoms with Gasteiger partial charge in [0.1, 0.15) is 15.7 Å². The Labute approximate surface area is 215 Å². The molecule has 33 heavy (non-hydrogen) atoms. The maximum atomic E-state index is 12.9. The number of nitrogens with one attached hydrogen (secondary N) is 1. The van der Waals surface area contributed by atoms with E-state index < -0.39 is 21.9 Å². The molecule has 0 saturated carbocycles. The number of aromatic nitrogens is 3. The number of fused-ring (bicyclic) bond motifs is 3. The van der Waals surface area contributed by atoms with E-state index in [0.29, 0.717) is 25.2 Å². The van der Waals surface area contributed by atoms with E-state index in [4.69, 9.17) is 9.72 Å². The van der Waals surface area contributed by atoms with E-state index in [2.05, 4.69) is 53.7 Å². The molecule has 0 aromatic carbocycles. The fraction of sp³-hybridized carbons (Fsp3) is 0.650. The van der Waals surface area contributed by atoms with Gasteiger partial charge >= 0.3 is 16.3 Å². The van der Waals surface area contributed by atoms with Crippen molar-refractivity contribution in [2.75, 3.05) is 19.0 Å². The van der Waals surface area contributed by atoms with Crippen LogP contribution < -0.4 is 10.2 Å². The van der Waals surface area contributed by atoms with Crippen molar-refractivity contribution in [2.24, 2.45) is 0 Å². The molecule has 2 aromatic heterocycles. The van der Waals surface area contributed by atoms with Gasteiger partial charge in [-0.25, -0.2) is 18.7 Å². The van der Waals surface area contributed by atoms with Crippen molar-refractivity contribution in [3.63, 3.8) is 0 Å². The molecular weight excluding hydrogens is 627 g/mol. The van der Waals surface area contributed by atoms with Crippen LogP contribution in [-0.4, -0.2) is 70.6 Å². The highest BCUT2D eigenvalue weighted by molar-refractivity contribution is 14.1. The normalized spacial score (nSPS) is 23.4. The summed E-state index contributed by atoms with van der Waals surface area (Å²) in [5.74, 6) is 0.635. The molecule has 1 amide bonds. The lowest BCUT2D eigenvalue weighted by molar-refractivity contribution is 0.0492. The summed E-state index contributed by atoms with van der Waals surface area (Å²) in [5.41, 5.74) is 0.295. The third kappa shape index (κ3) is 4.82. The van der Waals surface area contributed by atoms with Crippen LogP contribution >= 0.6 is 38.5 Å². The standard InChI is InChI=1S/C20H28BrIN6O4S/c1-20(2,3)32-19(29)23-11-8-12-6-7-13(9-11)28(12)18-16(21)24-15-14(22)10-27(17(15)25-18)33(30,31)26(4)5/h10-13H,6-9H2,1-5H3,(H,23,29). The molecule has 2 bridgehead atoms. The van der Waals surface area contributed by atoms with Crippen LogP contribution in [0, 0.1) is 3.57 Å². The molecule has 10 nitrogen and oxygen atoms in total. The molecule has 13 heteroatoms. The third-order valence-corrected chi connectivity index (χ3v) is 8.91. The second kappa shape index (κ2) is 8.79. The van der Waals surface area contributed by atoms with Crippen LogP contribution in [0.1, 0.15) is 46.5 Å². The smallest absolute Gasteiger partial charge is 0.407 e. The first-order chi connectivity index (χ1) is 15.3. The van der Waals surface area contributed by atoms with Gasteiger partial charge in [0.25, 0.3) is 0 Å². The fourth-order valence-electron chi connectivity index (χ4n) is 4.57. The van der Waals surface area contributed by atoms with Crippen molar-refractivity contribution in [1.29, 1.82) is 0 Å². The lowest BCUT2D eigenvalue weighted by Gasteiger charge is -2.40. The van der Waals surface area contributed by atoms with Crippen LogP contribution in [0.15, 0.2) is 10.8 Å². The van der Waals surface area contributed by atoms with Gasteiger partial charge in [-0.3, -0.25) is 0 Å². The Kier molecular flexibility index (Phi) is 6.64. The zero-order chi connectivity index (χ0) is 24.3. The van der Waals surface area contributed by atoms with Crippen LogP contribution in [0.25, 0.3) is 11.2 Å². The molecule has 0 spiro atoms. The summed E-state index contributed by atoms with van der Waals surface area (Å²) < 4.78 is 34.8. The molecular formula is C20H28BrIN6O4S. The quantitative estimate of drug-likeness (QED) is 0.503. The van der Waals surface area contributed by atoms with Gasteiger partial charge in [0.15, 0.2) is 11.5 Å². The lowest BCUT2D eigenvalue weighted by atomic mass is 9.97. The number of piperidine rings is 1. The number of hydrogen-bond donors (Lipinski definition) is 1. The predicted molar refractivity (Wildman–Crippen MR) is 138 cm³/mol. The highest BCUT2D eigenvalue weighted by Gasteiger charge is 2.43. The number of ether oxygens (including phenoxy) is 1. The number of hydrogen-bond acceptors (Lipinski definition) is 7. The minimum absolute atomic E-state index is 0.0167. The molecule has 2 unspecified atom stereocenters. The molecule has 2 aliphatic rings. The van der Waals surface area contributed by atoms with Gasteiger partial charge in [0.2, 0.25) is 0 Å². The van der Waals surface area contributed by atoms with Gasteiger partial charge in [0.05, 0.1) is 3.57 Å². The van der Waals surface area contributed by atoms with Gasteiger partial charge in [0, 0.05) is 38.4 Å². The summed E-state index contributed by atoms with van der Waals surface area (Å²) in [7, 11) is -0.764. The lowest BCUT2D eigenvalue weighted by Crippen LogP contribution is -2.51. The number of halogens is 2. The van der Waals surface area contributed by atoms with Gasteiger partial charge in [-0.05, 0) is 85.0 Å². The summed E-state index contributed by atoms with van der Waals surface area (Å²) >= 11 is 5.65. The van der Waals surface area contributed by atoms with Crippen LogP contribution in [0.5, 0.6) is 0 Å². The van der Waals surface area contributed by atoms with Crippen LogP contribution in [-0.2, 0) is 14.9 Å². The Bertz CT molecular complexity index is 1180. The first kappa shape index (κ1) is 24.9. The van der Waals surface area contributed by atoms with Crippen molar-refractivity contribution < 1.29 is 17.9 Å². The number of carbonyl (C=O) groups is 1. The number of amides is 1. The van der Waals surface area contributed by atoms with Crippen LogP contribution in [0.3, 0.4) is 0 Å². The van der Waals surface area contributed by atoms with Crippen molar-refractivity contribution >= 4 is 71.8 Å². The Morgan fingerprint density at radius 1 is 1.24 bits per heavy atom. The molecule has 1 N–H and O–H groups in total. The molecule has 4 heterocycles. The van der Waals surface area contributed by atoms with E-state index in [0.717, 1.165) is 30.0 Å². The molecule has 2 fully saturated rings. The van der Waals surface area contributed by atoms with Crippen molar-refractivity contribution in [3.05, 3.63) is 14.4 Å². The second-order valence-electron chi connectivity index (χ2n) is 9.68. The molecule has 0 radical (unpaired) electrons. The van der Waals surface area contributed by atoms with Crippen molar-refractivity contribution in [3.8, 4) is 0 Å². The van der Waals surface area contributed by atoms with E-state index in [-0.39, 0.29) is 18.1 Å². The van der Waals surface area contributed by atoms with Gasteiger partial charge in [-0.2, -0.15) is 12.7 Å². The minimum atomic E-state index is -3.74. The molecule has 2 saturated heterocycles. The highest BCUT2D eigenvalue weighted by Crippen LogP contribution is 2.41. The summed E-state index contributed by atoms with van der Waals surface area (Å²) in [6.45, 7) is 5.54. The zero-order valence-electron chi connectivity index (χ0n) is 19.2. The molecule has 4 rings (SSSR count). The van der Waals surface area contributed by atoms with E-state index in [1.165, 1.54) is 18.1 Å². The monoisotopic (exact) mass is 654 g/mol. The first-order valence-electron chi connectivity index (χ1n) is 10.7. The average Bonchev–Trinajstić information content (AvgIpc) is 3.13. The second-order valence-corrected chi connectivity index (χ2v) is 13.6. The first-order valence-corrected chi connectivity index (χ1v) is 14.0. The van der Waals surface area contributed by atoms with Gasteiger partial charge < -0.3 is 15.0 Å². The summed E-state index contributed by atoms with van der Waals surface area (Å²) in [5, 5.41) is 3.01. The van der Waals surface area contributed by atoms with E-state index in [1.54, 1.807) is 6.20 Å². The van der Waals surface area contributed by atoms with Crippen molar-refractivity contribution in [2.45, 2.75) is 70.2 Å². The maximum Gasteiger partial charge on any atom is 0.407 e. The third-order valence-electron chi connectivity index (χ3n) is 5.89. The summed E-state index contributed by atoms with van der Waals surface area (Å²) in [6.07, 6.45) is 4.61. The maximum absolute atomic E-state index is 12.9. The van der Waals surface area contributed by atoms with Gasteiger partial charge in [-0.15, -0.1) is 0 Å². The molecule has 2 aromatic rings. The summed E-state index contributed by atoms with van der Waals surface area (Å²) in [4.78, 5) is 24.0. The Balaban J connectivity index is 1.64. The molecule has 2 aliphatic heterocycles. The van der Waals surface area contributed by atoms with E-state index in [9.17, 15) is 13.2 Å². The Morgan fingerprint density at radius 2 is 1.85 bits per heavy atom. The van der Waals surface area contributed by atoms with Crippen molar-refractivity contribution in [1.82, 2.24) is 23.6 Å². The number of alkyl carbamates (subject to hydrolysis) is 1. The Morgan fingerprint density at radius 3 is 2.39 bits per heavy atom. The molecule has 2 atom stereocenters. The van der Waals surface area contributed by atoms with Crippen LogP contribution in [0.2, 0.25) is 0 Å². The fourth-order valence-corrected chi connectivity index (χ4v) is 6.80. The van der Waals surface area contributed by atoms with E-state index >= 15 is 0 Å². The van der Waals surface area contributed by atoms with E-state index in [1.807, 2.05) is 20.8 Å². The topological polar surface area (TPSA) is 110 Å². The largest absolute Gasteiger partial charge is 0.444 e. The minimum Gasteiger partial charge on any atom is -0.444 e. The van der Waals surface area contributed by atoms with Gasteiger partial charge in [-0.1, -0.05) is 0 Å². The number of anilines is 1. The predicted octanol–water partition coefficient (Wildman–Crippen LogP) is 3.48. The number of carbonyl (C=O) groups excluding carboxylic acids is 1. The molecule has 0 aliphatic carbocycles. The number of rotatable bonds is 4. The number of nitrogens with zero attached hydrogens (tertiary/aromatic N) is 5. The highest BCUT2D eigenvalue weighted by atomic mass is 127. The average molecular weight is 655 g/mol. The molecule has 182 valence electrons. The SMILES string of the molecule is CN(C)S(=O)(=O)n1cc(I)c2nc(Br)c(N3C4CCC3CC(NC(=O)OC(C)(C)C)C4)nc21.